The lowest BCUT2D eigenvalue weighted by molar-refractivity contribution is -0.139. The van der Waals surface area contributed by atoms with Gasteiger partial charge in [-0.15, -0.1) is 0 Å². The van der Waals surface area contributed by atoms with Crippen LogP contribution in [0.25, 0.3) is 0 Å². The van der Waals surface area contributed by atoms with Gasteiger partial charge in [0.05, 0.1) is 5.54 Å². The van der Waals surface area contributed by atoms with Crippen molar-refractivity contribution in [3.8, 4) is 0 Å². The average Bonchev–Trinajstić information content (AvgIpc) is 3.10. The quantitative estimate of drug-likeness (QED) is 0.796. The molecule has 0 aliphatic heterocycles. The Morgan fingerprint density at radius 1 is 1.18 bits per heavy atom. The Bertz CT molecular complexity index is 690. The van der Waals surface area contributed by atoms with Crippen LogP contribution in [-0.2, 0) is 10.3 Å². The van der Waals surface area contributed by atoms with E-state index in [0.29, 0.717) is 31.6 Å². The van der Waals surface area contributed by atoms with Gasteiger partial charge in [0.15, 0.2) is 5.69 Å². The van der Waals surface area contributed by atoms with Crippen molar-refractivity contribution in [2.24, 2.45) is 0 Å². The minimum Gasteiger partial charge on any atom is -0.341 e. The van der Waals surface area contributed by atoms with Gasteiger partial charge in [0, 0.05) is 18.8 Å². The van der Waals surface area contributed by atoms with Crippen molar-refractivity contribution >= 4 is 11.8 Å². The summed E-state index contributed by atoms with van der Waals surface area (Å²) in [5, 5.41) is 7.75. The zero-order chi connectivity index (χ0) is 21.1. The molecule has 1 aliphatic rings. The molecule has 1 aromatic rings. The van der Waals surface area contributed by atoms with Gasteiger partial charge in [-0.05, 0) is 59.4 Å². The van der Waals surface area contributed by atoms with Crippen molar-refractivity contribution in [2.75, 3.05) is 13.1 Å². The van der Waals surface area contributed by atoms with Crippen LogP contribution >= 0.6 is 0 Å². The second kappa shape index (κ2) is 8.66. The Morgan fingerprint density at radius 2 is 1.75 bits per heavy atom. The molecule has 28 heavy (non-hydrogen) atoms. The molecule has 0 spiro atoms. The van der Waals surface area contributed by atoms with Gasteiger partial charge in [-0.25, -0.2) is 0 Å². The Hall–Kier alpha value is -1.85. The number of carbonyl (C=O) groups excluding carboxylic acids is 2. The summed E-state index contributed by atoms with van der Waals surface area (Å²) in [6.45, 7) is 15.7. The molecule has 0 radical (unpaired) electrons. The highest BCUT2D eigenvalue weighted by Gasteiger charge is 2.43. The average molecular weight is 391 g/mol. The van der Waals surface area contributed by atoms with E-state index < -0.39 is 5.54 Å². The Labute approximate surface area is 170 Å². The molecule has 2 rings (SSSR count). The summed E-state index contributed by atoms with van der Waals surface area (Å²) in [7, 11) is 0. The van der Waals surface area contributed by atoms with Crippen LogP contribution in [0, 0.1) is 0 Å². The van der Waals surface area contributed by atoms with E-state index in [1.807, 2.05) is 29.5 Å². The molecule has 0 saturated heterocycles. The SMILES string of the molecule is CCN(CC)C(=O)C1(NC(=O)c2cc(C(C)C)n(C(C)(C)C)n2)CCCCC1. The van der Waals surface area contributed by atoms with Crippen LogP contribution in [0.3, 0.4) is 0 Å². The third-order valence-corrected chi connectivity index (χ3v) is 5.72. The normalized spacial score (nSPS) is 16.9. The van der Waals surface area contributed by atoms with Gasteiger partial charge in [0.25, 0.3) is 5.91 Å². The molecule has 1 aliphatic carbocycles. The first-order valence-electron chi connectivity index (χ1n) is 10.8. The predicted octanol–water partition coefficient (Wildman–Crippen LogP) is 4.06. The van der Waals surface area contributed by atoms with Gasteiger partial charge in [-0.3, -0.25) is 14.3 Å². The third kappa shape index (κ3) is 4.58. The number of likely N-dealkylation sites (N-methyl/N-ethyl adjacent to an activating group) is 1. The first kappa shape index (κ1) is 22.4. The number of hydrogen-bond acceptors (Lipinski definition) is 3. The summed E-state index contributed by atoms with van der Waals surface area (Å²) >= 11 is 0. The maximum absolute atomic E-state index is 13.3. The predicted molar refractivity (Wildman–Crippen MR) is 113 cm³/mol. The molecule has 6 heteroatoms. The van der Waals surface area contributed by atoms with Crippen molar-refractivity contribution in [1.29, 1.82) is 0 Å². The van der Waals surface area contributed by atoms with Gasteiger partial charge in [-0.1, -0.05) is 33.1 Å². The third-order valence-electron chi connectivity index (χ3n) is 5.72. The van der Waals surface area contributed by atoms with Crippen molar-refractivity contribution in [2.45, 2.75) is 97.6 Å². The van der Waals surface area contributed by atoms with Crippen molar-refractivity contribution in [1.82, 2.24) is 20.0 Å². The lowest BCUT2D eigenvalue weighted by atomic mass is 9.80. The minimum absolute atomic E-state index is 0.0462. The zero-order valence-corrected chi connectivity index (χ0v) is 18.8. The number of rotatable bonds is 6. The molecule has 2 amide bonds. The monoisotopic (exact) mass is 390 g/mol. The van der Waals surface area contributed by atoms with Crippen LogP contribution < -0.4 is 5.32 Å². The van der Waals surface area contributed by atoms with Gasteiger partial charge in [0.1, 0.15) is 5.54 Å². The van der Waals surface area contributed by atoms with E-state index in [0.717, 1.165) is 25.0 Å². The number of carbonyl (C=O) groups is 2. The molecule has 1 saturated carbocycles. The smallest absolute Gasteiger partial charge is 0.272 e. The number of nitrogens with zero attached hydrogens (tertiary/aromatic N) is 3. The standard InChI is InChI=1S/C22H38N4O2/c1-8-25(9-2)20(28)22(13-11-10-12-14-22)23-19(27)17-15-18(16(3)4)26(24-17)21(5,6)7/h15-16H,8-14H2,1-7H3,(H,23,27). The lowest BCUT2D eigenvalue weighted by Crippen LogP contribution is -2.60. The van der Waals surface area contributed by atoms with Crippen molar-refractivity contribution in [3.05, 3.63) is 17.5 Å². The molecule has 1 aromatic heterocycles. The van der Waals surface area contributed by atoms with Gasteiger partial charge in [-0.2, -0.15) is 5.10 Å². The number of amides is 2. The van der Waals surface area contributed by atoms with Crippen LogP contribution in [0.5, 0.6) is 0 Å². The number of hydrogen-bond donors (Lipinski definition) is 1. The number of aromatic nitrogens is 2. The van der Waals surface area contributed by atoms with Crippen molar-refractivity contribution < 1.29 is 9.59 Å². The fourth-order valence-corrected chi connectivity index (χ4v) is 4.10. The summed E-state index contributed by atoms with van der Waals surface area (Å²) in [5.74, 6) is 0.0615. The Balaban J connectivity index is 2.35. The topological polar surface area (TPSA) is 67.2 Å². The maximum atomic E-state index is 13.3. The van der Waals surface area contributed by atoms with Gasteiger partial charge < -0.3 is 10.2 Å². The van der Waals surface area contributed by atoms with Gasteiger partial charge >= 0.3 is 0 Å². The molecule has 1 heterocycles. The fourth-order valence-electron chi connectivity index (χ4n) is 4.10. The largest absolute Gasteiger partial charge is 0.341 e. The molecule has 1 fully saturated rings. The van der Waals surface area contributed by atoms with E-state index in [9.17, 15) is 9.59 Å². The minimum atomic E-state index is -0.801. The number of nitrogens with one attached hydrogen (secondary N) is 1. The lowest BCUT2D eigenvalue weighted by Gasteiger charge is -2.39. The molecule has 0 bridgehead atoms. The second-order valence-electron chi connectivity index (χ2n) is 9.27. The molecule has 0 atom stereocenters. The first-order chi connectivity index (χ1) is 13.1. The van der Waals surface area contributed by atoms with E-state index >= 15 is 0 Å². The van der Waals surface area contributed by atoms with E-state index in [-0.39, 0.29) is 23.3 Å². The van der Waals surface area contributed by atoms with E-state index in [4.69, 9.17) is 0 Å². The van der Waals surface area contributed by atoms with Crippen LogP contribution in [0.4, 0.5) is 0 Å². The van der Waals surface area contributed by atoms with Crippen molar-refractivity contribution in [3.63, 3.8) is 0 Å². The molecule has 0 unspecified atom stereocenters. The summed E-state index contributed by atoms with van der Waals surface area (Å²) in [5.41, 5.74) is 0.420. The summed E-state index contributed by atoms with van der Waals surface area (Å²) in [4.78, 5) is 28.3. The zero-order valence-electron chi connectivity index (χ0n) is 18.8. The van der Waals surface area contributed by atoms with E-state index in [1.165, 1.54) is 0 Å². The Morgan fingerprint density at radius 3 is 2.18 bits per heavy atom. The van der Waals surface area contributed by atoms with Crippen LogP contribution in [0.15, 0.2) is 6.07 Å². The molecule has 158 valence electrons. The highest BCUT2D eigenvalue weighted by molar-refractivity contribution is 5.98. The summed E-state index contributed by atoms with van der Waals surface area (Å²) in [6, 6.07) is 1.88. The summed E-state index contributed by atoms with van der Waals surface area (Å²) < 4.78 is 1.94. The van der Waals surface area contributed by atoms with E-state index in [2.05, 4.69) is 45.0 Å². The second-order valence-corrected chi connectivity index (χ2v) is 9.27. The van der Waals surface area contributed by atoms with Crippen LogP contribution in [-0.4, -0.2) is 45.1 Å². The van der Waals surface area contributed by atoms with Crippen LogP contribution in [0.1, 0.15) is 103 Å². The fraction of sp³-hybridized carbons (Fsp3) is 0.773. The molecule has 6 nitrogen and oxygen atoms in total. The Kier molecular flexibility index (Phi) is 6.94. The molecular formula is C22H38N4O2. The molecule has 1 N–H and O–H groups in total. The molecule has 0 aromatic carbocycles. The van der Waals surface area contributed by atoms with Crippen LogP contribution in [0.2, 0.25) is 0 Å². The van der Waals surface area contributed by atoms with E-state index in [1.54, 1.807) is 0 Å². The highest BCUT2D eigenvalue weighted by atomic mass is 16.2. The highest BCUT2D eigenvalue weighted by Crippen LogP contribution is 2.31. The first-order valence-corrected chi connectivity index (χ1v) is 10.8. The van der Waals surface area contributed by atoms with Gasteiger partial charge in [0.2, 0.25) is 5.91 Å². The maximum Gasteiger partial charge on any atom is 0.272 e. The summed E-state index contributed by atoms with van der Waals surface area (Å²) in [6.07, 6.45) is 4.43. The molecular weight excluding hydrogens is 352 g/mol.